The fourth-order valence-corrected chi connectivity index (χ4v) is 1.73. The van der Waals surface area contributed by atoms with Crippen LogP contribution in [0.3, 0.4) is 0 Å². The molecule has 0 aliphatic heterocycles. The lowest BCUT2D eigenvalue weighted by atomic mass is 9.86. The summed E-state index contributed by atoms with van der Waals surface area (Å²) in [5, 5.41) is 0. The molecular formula is C14H19O2. The molecule has 1 saturated carbocycles. The molecule has 0 saturated heterocycles. The van der Waals surface area contributed by atoms with Crippen LogP contribution in [0.25, 0.3) is 0 Å². The van der Waals surface area contributed by atoms with E-state index in [9.17, 15) is 0 Å². The molecule has 2 rings (SSSR count). The molecule has 2 nitrogen and oxygen atoms in total. The Hall–Kier alpha value is -0.860. The Morgan fingerprint density at radius 1 is 1.12 bits per heavy atom. The van der Waals surface area contributed by atoms with Gasteiger partial charge < -0.3 is 9.47 Å². The average molecular weight is 219 g/mol. The van der Waals surface area contributed by atoms with Gasteiger partial charge in [0.2, 0.25) is 0 Å². The highest BCUT2D eigenvalue weighted by atomic mass is 16.5. The van der Waals surface area contributed by atoms with Gasteiger partial charge in [0.05, 0.1) is 19.8 Å². The van der Waals surface area contributed by atoms with Crippen LogP contribution in [0.5, 0.6) is 0 Å². The van der Waals surface area contributed by atoms with Crippen molar-refractivity contribution in [3.05, 3.63) is 35.9 Å². The number of benzene rings is 1. The molecule has 1 aliphatic rings. The minimum Gasteiger partial charge on any atom is -0.379 e. The first-order valence-corrected chi connectivity index (χ1v) is 6.05. The molecule has 0 N–H and O–H groups in total. The Morgan fingerprint density at radius 3 is 2.56 bits per heavy atom. The van der Waals surface area contributed by atoms with E-state index in [2.05, 4.69) is 6.07 Å². The summed E-state index contributed by atoms with van der Waals surface area (Å²) in [5.74, 6) is 0.824. The van der Waals surface area contributed by atoms with E-state index in [1.165, 1.54) is 24.8 Å². The maximum absolute atomic E-state index is 5.54. The maximum atomic E-state index is 5.54. The zero-order valence-electron chi connectivity index (χ0n) is 9.65. The van der Waals surface area contributed by atoms with Crippen LogP contribution in [0, 0.1) is 12.0 Å². The Morgan fingerprint density at radius 2 is 1.88 bits per heavy atom. The number of rotatable bonds is 7. The summed E-state index contributed by atoms with van der Waals surface area (Å²) in [4.78, 5) is 0. The van der Waals surface area contributed by atoms with Gasteiger partial charge in [-0.3, -0.25) is 0 Å². The highest BCUT2D eigenvalue weighted by Gasteiger charge is 2.16. The molecule has 1 aliphatic carbocycles. The molecular weight excluding hydrogens is 200 g/mol. The largest absolute Gasteiger partial charge is 0.379 e. The summed E-state index contributed by atoms with van der Waals surface area (Å²) in [7, 11) is 0. The standard InChI is InChI=1S/C14H19O2/c1-2-5-13(6-3-1)11-15-9-10-16-12-14-7-4-8-14/h2-3,5-6,14H,4,7-12H2. The van der Waals surface area contributed by atoms with E-state index in [-0.39, 0.29) is 0 Å². The van der Waals surface area contributed by atoms with Gasteiger partial charge in [0.1, 0.15) is 0 Å². The monoisotopic (exact) mass is 219 g/mol. The number of ether oxygens (including phenoxy) is 2. The van der Waals surface area contributed by atoms with Gasteiger partial charge in [0, 0.05) is 6.61 Å². The van der Waals surface area contributed by atoms with Crippen LogP contribution in [0.1, 0.15) is 24.8 Å². The maximum Gasteiger partial charge on any atom is 0.0718 e. The lowest BCUT2D eigenvalue weighted by Crippen LogP contribution is -2.18. The SMILES string of the molecule is [c]1ccc(COCCOCC2CCC2)cc1. The highest BCUT2D eigenvalue weighted by Crippen LogP contribution is 2.26. The van der Waals surface area contributed by atoms with Crippen LogP contribution in [0.15, 0.2) is 24.3 Å². The Kier molecular flexibility index (Phi) is 4.84. The van der Waals surface area contributed by atoms with Crippen molar-refractivity contribution in [3.63, 3.8) is 0 Å². The van der Waals surface area contributed by atoms with E-state index in [1.807, 2.05) is 24.3 Å². The Bertz CT molecular complexity index is 280. The molecule has 1 fully saturated rings. The van der Waals surface area contributed by atoms with E-state index in [1.54, 1.807) is 0 Å². The molecule has 0 unspecified atom stereocenters. The first kappa shape index (κ1) is 11.6. The van der Waals surface area contributed by atoms with Crippen molar-refractivity contribution >= 4 is 0 Å². The molecule has 0 heterocycles. The van der Waals surface area contributed by atoms with Crippen molar-refractivity contribution < 1.29 is 9.47 Å². The summed E-state index contributed by atoms with van der Waals surface area (Å²) in [6, 6.07) is 10.9. The third-order valence-corrected chi connectivity index (χ3v) is 3.01. The minimum atomic E-state index is 0.668. The van der Waals surface area contributed by atoms with Gasteiger partial charge in [-0.05, 0) is 30.4 Å². The summed E-state index contributed by atoms with van der Waals surface area (Å²) in [5.41, 5.74) is 1.19. The van der Waals surface area contributed by atoms with Crippen LogP contribution in [-0.4, -0.2) is 19.8 Å². The van der Waals surface area contributed by atoms with Crippen LogP contribution < -0.4 is 0 Å². The van der Waals surface area contributed by atoms with Crippen molar-refractivity contribution in [2.75, 3.05) is 19.8 Å². The molecule has 1 aromatic carbocycles. The molecule has 1 radical (unpaired) electrons. The molecule has 87 valence electrons. The summed E-state index contributed by atoms with van der Waals surface area (Å²) in [6.45, 7) is 2.99. The number of hydrogen-bond acceptors (Lipinski definition) is 2. The summed E-state index contributed by atoms with van der Waals surface area (Å²) >= 11 is 0. The third-order valence-electron chi connectivity index (χ3n) is 3.01. The second-order valence-electron chi connectivity index (χ2n) is 4.33. The Labute approximate surface area is 97.6 Å². The topological polar surface area (TPSA) is 18.5 Å². The molecule has 16 heavy (non-hydrogen) atoms. The zero-order valence-corrected chi connectivity index (χ0v) is 9.65. The molecule has 0 spiro atoms. The van der Waals surface area contributed by atoms with Gasteiger partial charge in [0.15, 0.2) is 0 Å². The van der Waals surface area contributed by atoms with Crippen LogP contribution in [0.2, 0.25) is 0 Å². The van der Waals surface area contributed by atoms with Crippen LogP contribution in [0.4, 0.5) is 0 Å². The van der Waals surface area contributed by atoms with Gasteiger partial charge in [-0.1, -0.05) is 30.7 Å². The van der Waals surface area contributed by atoms with Gasteiger partial charge in [0.25, 0.3) is 0 Å². The van der Waals surface area contributed by atoms with Crippen molar-refractivity contribution in [2.45, 2.75) is 25.9 Å². The van der Waals surface area contributed by atoms with Crippen LogP contribution >= 0.6 is 0 Å². The van der Waals surface area contributed by atoms with Gasteiger partial charge in [-0.25, -0.2) is 0 Å². The minimum absolute atomic E-state index is 0.668. The van der Waals surface area contributed by atoms with Crippen LogP contribution in [-0.2, 0) is 16.1 Å². The summed E-state index contributed by atoms with van der Waals surface area (Å²) < 4.78 is 11.1. The van der Waals surface area contributed by atoms with Gasteiger partial charge >= 0.3 is 0 Å². The van der Waals surface area contributed by atoms with E-state index >= 15 is 0 Å². The van der Waals surface area contributed by atoms with Gasteiger partial charge in [-0.15, -0.1) is 0 Å². The fraction of sp³-hybridized carbons (Fsp3) is 0.571. The first-order valence-electron chi connectivity index (χ1n) is 6.05. The molecule has 0 amide bonds. The second-order valence-corrected chi connectivity index (χ2v) is 4.33. The van der Waals surface area contributed by atoms with E-state index in [0.29, 0.717) is 13.2 Å². The van der Waals surface area contributed by atoms with Gasteiger partial charge in [-0.2, -0.15) is 0 Å². The summed E-state index contributed by atoms with van der Waals surface area (Å²) in [6.07, 6.45) is 4.08. The second kappa shape index (κ2) is 6.66. The Balaban J connectivity index is 1.45. The number of hydrogen-bond donors (Lipinski definition) is 0. The zero-order chi connectivity index (χ0) is 11.1. The fourth-order valence-electron chi connectivity index (χ4n) is 1.73. The molecule has 0 bridgehead atoms. The third kappa shape index (κ3) is 3.95. The smallest absolute Gasteiger partial charge is 0.0718 e. The predicted octanol–water partition coefficient (Wildman–Crippen LogP) is 2.82. The molecule has 2 heteroatoms. The van der Waals surface area contributed by atoms with Crippen molar-refractivity contribution in [1.82, 2.24) is 0 Å². The normalized spacial score (nSPS) is 16.0. The van der Waals surface area contributed by atoms with E-state index in [0.717, 1.165) is 19.1 Å². The van der Waals surface area contributed by atoms with E-state index < -0.39 is 0 Å². The van der Waals surface area contributed by atoms with Crippen molar-refractivity contribution in [3.8, 4) is 0 Å². The molecule has 1 aromatic rings. The molecule has 0 aromatic heterocycles. The van der Waals surface area contributed by atoms with E-state index in [4.69, 9.17) is 9.47 Å². The predicted molar refractivity (Wildman–Crippen MR) is 63.1 cm³/mol. The quantitative estimate of drug-likeness (QED) is 0.656. The lowest BCUT2D eigenvalue weighted by molar-refractivity contribution is 0.0156. The lowest BCUT2D eigenvalue weighted by Gasteiger charge is -2.24. The van der Waals surface area contributed by atoms with Crippen molar-refractivity contribution in [2.24, 2.45) is 5.92 Å². The average Bonchev–Trinajstić information content (AvgIpc) is 2.27. The highest BCUT2D eigenvalue weighted by molar-refractivity contribution is 5.12. The first-order chi connectivity index (χ1) is 7.95. The van der Waals surface area contributed by atoms with Crippen molar-refractivity contribution in [1.29, 1.82) is 0 Å². The molecule has 0 atom stereocenters.